The second-order valence-corrected chi connectivity index (χ2v) is 6.82. The number of piperidine rings is 1. The molecule has 1 atom stereocenters. The maximum atomic E-state index is 12.6. The zero-order chi connectivity index (χ0) is 19.3. The van der Waals surface area contributed by atoms with E-state index in [1.54, 1.807) is 18.3 Å². The lowest BCUT2D eigenvalue weighted by molar-refractivity contribution is 0.0897. The number of aromatic nitrogens is 5. The summed E-state index contributed by atoms with van der Waals surface area (Å²) in [5, 5.41) is 24.2. The predicted octanol–water partition coefficient (Wildman–Crippen LogP) is 1.16. The van der Waals surface area contributed by atoms with Gasteiger partial charge in [-0.1, -0.05) is 6.07 Å². The SMILES string of the molecule is O=C(NC1CCCN(Cc2ccccn2)C1)c1ccc(-n2cnnn2)cc1O. The number of tetrazole rings is 1. The minimum Gasteiger partial charge on any atom is -0.507 e. The van der Waals surface area contributed by atoms with E-state index in [9.17, 15) is 9.90 Å². The number of phenolic OH excluding ortho intramolecular Hbond substituents is 1. The molecule has 1 aliphatic heterocycles. The van der Waals surface area contributed by atoms with Crippen molar-refractivity contribution in [3.63, 3.8) is 0 Å². The van der Waals surface area contributed by atoms with Crippen molar-refractivity contribution < 1.29 is 9.90 Å². The van der Waals surface area contributed by atoms with Gasteiger partial charge in [-0.3, -0.25) is 14.7 Å². The average molecular weight is 379 g/mol. The highest BCUT2D eigenvalue weighted by atomic mass is 16.3. The van der Waals surface area contributed by atoms with Gasteiger partial charge in [0.15, 0.2) is 0 Å². The number of benzene rings is 1. The molecule has 1 fully saturated rings. The van der Waals surface area contributed by atoms with Crippen molar-refractivity contribution >= 4 is 5.91 Å². The van der Waals surface area contributed by atoms with E-state index < -0.39 is 0 Å². The molecule has 0 bridgehead atoms. The minimum absolute atomic E-state index is 0.0311. The molecule has 9 heteroatoms. The normalized spacial score (nSPS) is 17.4. The fraction of sp³-hybridized carbons (Fsp3) is 0.316. The Labute approximate surface area is 162 Å². The second-order valence-electron chi connectivity index (χ2n) is 6.82. The molecule has 4 rings (SSSR count). The monoisotopic (exact) mass is 379 g/mol. The molecule has 144 valence electrons. The van der Waals surface area contributed by atoms with Crippen molar-refractivity contribution in [3.8, 4) is 11.4 Å². The Morgan fingerprint density at radius 3 is 2.96 bits per heavy atom. The van der Waals surface area contributed by atoms with Crippen molar-refractivity contribution in [2.45, 2.75) is 25.4 Å². The summed E-state index contributed by atoms with van der Waals surface area (Å²) >= 11 is 0. The number of aromatic hydroxyl groups is 1. The number of nitrogens with zero attached hydrogens (tertiary/aromatic N) is 6. The van der Waals surface area contributed by atoms with Crippen LogP contribution in [0.3, 0.4) is 0 Å². The molecule has 0 saturated carbocycles. The number of hydrogen-bond donors (Lipinski definition) is 2. The van der Waals surface area contributed by atoms with Crippen molar-refractivity contribution in [2.75, 3.05) is 13.1 Å². The van der Waals surface area contributed by atoms with Gasteiger partial charge in [-0.2, -0.15) is 0 Å². The molecular weight excluding hydrogens is 358 g/mol. The highest BCUT2D eigenvalue weighted by Gasteiger charge is 2.23. The summed E-state index contributed by atoms with van der Waals surface area (Å²) in [4.78, 5) is 19.3. The lowest BCUT2D eigenvalue weighted by atomic mass is 10.0. The smallest absolute Gasteiger partial charge is 0.255 e. The molecule has 1 aromatic carbocycles. The third kappa shape index (κ3) is 4.15. The number of nitrogens with one attached hydrogen (secondary N) is 1. The third-order valence-electron chi connectivity index (χ3n) is 4.79. The van der Waals surface area contributed by atoms with Gasteiger partial charge in [0.2, 0.25) is 0 Å². The number of hydrogen-bond acceptors (Lipinski definition) is 7. The van der Waals surface area contributed by atoms with Crippen LogP contribution >= 0.6 is 0 Å². The highest BCUT2D eigenvalue weighted by Crippen LogP contribution is 2.21. The average Bonchev–Trinajstić information content (AvgIpc) is 3.24. The van der Waals surface area contributed by atoms with E-state index in [1.165, 1.54) is 17.1 Å². The number of likely N-dealkylation sites (tertiary alicyclic amines) is 1. The van der Waals surface area contributed by atoms with Crippen LogP contribution in [0.4, 0.5) is 0 Å². The van der Waals surface area contributed by atoms with E-state index in [4.69, 9.17) is 0 Å². The Balaban J connectivity index is 1.39. The lowest BCUT2D eigenvalue weighted by Gasteiger charge is -2.33. The van der Waals surface area contributed by atoms with Crippen LogP contribution in [0.5, 0.6) is 5.75 Å². The van der Waals surface area contributed by atoms with E-state index in [2.05, 4.69) is 30.7 Å². The predicted molar refractivity (Wildman–Crippen MR) is 101 cm³/mol. The first-order valence-electron chi connectivity index (χ1n) is 9.18. The van der Waals surface area contributed by atoms with Gasteiger partial charge in [0.25, 0.3) is 5.91 Å². The minimum atomic E-state index is -0.287. The van der Waals surface area contributed by atoms with E-state index in [0.717, 1.165) is 38.2 Å². The maximum Gasteiger partial charge on any atom is 0.255 e. The topological polar surface area (TPSA) is 109 Å². The molecule has 28 heavy (non-hydrogen) atoms. The Bertz CT molecular complexity index is 931. The maximum absolute atomic E-state index is 12.6. The Morgan fingerprint density at radius 1 is 1.29 bits per heavy atom. The fourth-order valence-corrected chi connectivity index (χ4v) is 3.44. The zero-order valence-corrected chi connectivity index (χ0v) is 15.3. The molecule has 1 aliphatic rings. The van der Waals surface area contributed by atoms with Crippen LogP contribution in [0.1, 0.15) is 28.9 Å². The van der Waals surface area contributed by atoms with Crippen LogP contribution in [-0.2, 0) is 6.54 Å². The van der Waals surface area contributed by atoms with Gasteiger partial charge in [0.1, 0.15) is 12.1 Å². The molecule has 2 N–H and O–H groups in total. The van der Waals surface area contributed by atoms with Gasteiger partial charge in [0, 0.05) is 31.4 Å². The quantitative estimate of drug-likeness (QED) is 0.684. The fourth-order valence-electron chi connectivity index (χ4n) is 3.44. The Hall–Kier alpha value is -3.33. The molecule has 3 heterocycles. The summed E-state index contributed by atoms with van der Waals surface area (Å²) in [5.41, 5.74) is 1.84. The summed E-state index contributed by atoms with van der Waals surface area (Å²) in [5.74, 6) is -0.392. The van der Waals surface area contributed by atoms with Crippen molar-refractivity contribution in [2.24, 2.45) is 0 Å². The van der Waals surface area contributed by atoms with Gasteiger partial charge in [-0.25, -0.2) is 4.68 Å². The van der Waals surface area contributed by atoms with Gasteiger partial charge in [-0.15, -0.1) is 5.10 Å². The first-order valence-corrected chi connectivity index (χ1v) is 9.18. The van der Waals surface area contributed by atoms with E-state index in [0.29, 0.717) is 5.69 Å². The second kappa shape index (κ2) is 8.13. The number of carbonyl (C=O) groups excluding carboxylic acids is 1. The standard InChI is InChI=1S/C19H21N7O2/c27-18-10-16(26-13-21-23-24-26)6-7-17(18)19(28)22-15-5-3-9-25(12-15)11-14-4-1-2-8-20-14/h1-2,4,6-8,10,13,15,27H,3,5,9,11-12H2,(H,22,28). The van der Waals surface area contributed by atoms with Gasteiger partial charge in [-0.05, 0) is 54.1 Å². The molecule has 9 nitrogen and oxygen atoms in total. The van der Waals surface area contributed by atoms with Gasteiger partial charge >= 0.3 is 0 Å². The zero-order valence-electron chi connectivity index (χ0n) is 15.3. The first-order chi connectivity index (χ1) is 13.7. The van der Waals surface area contributed by atoms with Crippen LogP contribution in [0.25, 0.3) is 5.69 Å². The highest BCUT2D eigenvalue weighted by molar-refractivity contribution is 5.97. The molecule has 0 aliphatic carbocycles. The number of phenols is 1. The molecular formula is C19H21N7O2. The van der Waals surface area contributed by atoms with Crippen LogP contribution in [0.2, 0.25) is 0 Å². The Morgan fingerprint density at radius 2 is 2.21 bits per heavy atom. The largest absolute Gasteiger partial charge is 0.507 e. The van der Waals surface area contributed by atoms with Crippen molar-refractivity contribution in [3.05, 3.63) is 60.2 Å². The Kier molecular flexibility index (Phi) is 5.24. The van der Waals surface area contributed by atoms with Crippen molar-refractivity contribution in [1.82, 2.24) is 35.4 Å². The first kappa shape index (κ1) is 18.1. The van der Waals surface area contributed by atoms with Gasteiger partial charge < -0.3 is 10.4 Å². The van der Waals surface area contributed by atoms with E-state index in [1.807, 2.05) is 18.2 Å². The van der Waals surface area contributed by atoms with Gasteiger partial charge in [0.05, 0.1) is 16.9 Å². The number of carbonyl (C=O) groups is 1. The summed E-state index contributed by atoms with van der Waals surface area (Å²) in [7, 11) is 0. The molecule has 0 spiro atoms. The summed E-state index contributed by atoms with van der Waals surface area (Å²) < 4.78 is 1.41. The van der Waals surface area contributed by atoms with E-state index >= 15 is 0 Å². The van der Waals surface area contributed by atoms with Crippen molar-refractivity contribution in [1.29, 1.82) is 0 Å². The molecule has 1 amide bonds. The number of pyridine rings is 1. The van der Waals surface area contributed by atoms with Crippen LogP contribution < -0.4 is 5.32 Å². The molecule has 0 radical (unpaired) electrons. The molecule has 1 unspecified atom stereocenters. The number of rotatable bonds is 5. The molecule has 2 aromatic heterocycles. The van der Waals surface area contributed by atoms with Crippen LogP contribution in [0.15, 0.2) is 48.9 Å². The lowest BCUT2D eigenvalue weighted by Crippen LogP contribution is -2.47. The summed E-state index contributed by atoms with van der Waals surface area (Å²) in [6.45, 7) is 2.50. The molecule has 3 aromatic rings. The van der Waals surface area contributed by atoms with E-state index in [-0.39, 0.29) is 23.3 Å². The summed E-state index contributed by atoms with van der Waals surface area (Å²) in [6.07, 6.45) is 5.13. The third-order valence-corrected chi connectivity index (χ3v) is 4.79. The summed E-state index contributed by atoms with van der Waals surface area (Å²) in [6, 6.07) is 10.7. The van der Waals surface area contributed by atoms with Crippen LogP contribution in [0, 0.1) is 0 Å². The number of amides is 1. The van der Waals surface area contributed by atoms with Crippen LogP contribution in [-0.4, -0.2) is 60.2 Å². The molecule has 1 saturated heterocycles.